The summed E-state index contributed by atoms with van der Waals surface area (Å²) >= 11 is 0. The first-order valence-corrected chi connectivity index (χ1v) is 7.19. The minimum atomic E-state index is -0.578. The second kappa shape index (κ2) is 5.33. The van der Waals surface area contributed by atoms with Crippen LogP contribution in [0.1, 0.15) is 40.3 Å². The molecule has 0 fully saturated rings. The van der Waals surface area contributed by atoms with Crippen molar-refractivity contribution in [2.24, 2.45) is 7.05 Å². The molecule has 1 heterocycles. The lowest BCUT2D eigenvalue weighted by atomic mass is 10.1. The predicted molar refractivity (Wildman–Crippen MR) is 78.9 cm³/mol. The molecular weight excluding hydrogens is 266 g/mol. The van der Waals surface area contributed by atoms with E-state index in [4.69, 9.17) is 0 Å². The van der Waals surface area contributed by atoms with Crippen LogP contribution < -0.4 is 5.32 Å². The monoisotopic (exact) mass is 285 g/mol. The van der Waals surface area contributed by atoms with Gasteiger partial charge in [-0.1, -0.05) is 31.2 Å². The lowest BCUT2D eigenvalue weighted by Gasteiger charge is -2.17. The number of hydrogen-bond acceptors (Lipinski definition) is 3. The first-order valence-electron chi connectivity index (χ1n) is 7.19. The van der Waals surface area contributed by atoms with E-state index in [0.717, 1.165) is 23.2 Å². The maximum Gasteiger partial charge on any atom is 0.270 e. The van der Waals surface area contributed by atoms with Crippen molar-refractivity contribution in [3.8, 4) is 0 Å². The zero-order valence-corrected chi connectivity index (χ0v) is 12.2. The smallest absolute Gasteiger partial charge is 0.270 e. The fourth-order valence-electron chi connectivity index (χ4n) is 2.87. The Labute approximate surface area is 123 Å². The van der Waals surface area contributed by atoms with E-state index in [1.165, 1.54) is 0 Å². The number of amides is 1. The van der Waals surface area contributed by atoms with Crippen molar-refractivity contribution in [1.82, 2.24) is 15.1 Å². The minimum absolute atomic E-state index is 0.203. The molecule has 5 heteroatoms. The lowest BCUT2D eigenvalue weighted by Crippen LogP contribution is -2.34. The SMILES string of the molecule is CCc1cc(C(=O)N[C@@H]2c3ccccc3C[C@@H]2O)n(C)n1. The normalized spacial score (nSPS) is 20.3. The number of rotatable bonds is 3. The van der Waals surface area contributed by atoms with Crippen LogP contribution in [-0.4, -0.2) is 26.9 Å². The summed E-state index contributed by atoms with van der Waals surface area (Å²) in [7, 11) is 1.76. The molecule has 5 nitrogen and oxygen atoms in total. The molecule has 0 aliphatic heterocycles. The van der Waals surface area contributed by atoms with E-state index in [1.807, 2.05) is 31.2 Å². The highest BCUT2D eigenvalue weighted by Gasteiger charge is 2.32. The molecule has 0 saturated carbocycles. The first-order chi connectivity index (χ1) is 10.1. The summed E-state index contributed by atoms with van der Waals surface area (Å²) in [6.45, 7) is 2.00. The molecule has 110 valence electrons. The van der Waals surface area contributed by atoms with Crippen molar-refractivity contribution >= 4 is 5.91 Å². The Morgan fingerprint density at radius 2 is 2.24 bits per heavy atom. The number of carbonyl (C=O) groups is 1. The molecule has 0 bridgehead atoms. The van der Waals surface area contributed by atoms with Crippen LogP contribution in [0.2, 0.25) is 0 Å². The van der Waals surface area contributed by atoms with Gasteiger partial charge in [0.05, 0.1) is 17.8 Å². The van der Waals surface area contributed by atoms with E-state index in [1.54, 1.807) is 17.8 Å². The summed E-state index contributed by atoms with van der Waals surface area (Å²) in [6.07, 6.45) is 0.785. The number of aromatic nitrogens is 2. The number of nitrogens with one attached hydrogen (secondary N) is 1. The van der Waals surface area contributed by atoms with Crippen molar-refractivity contribution in [3.63, 3.8) is 0 Å². The number of carbonyl (C=O) groups excluding carboxylic acids is 1. The molecule has 3 rings (SSSR count). The Balaban J connectivity index is 1.83. The van der Waals surface area contributed by atoms with Gasteiger partial charge in [-0.25, -0.2) is 0 Å². The second-order valence-corrected chi connectivity index (χ2v) is 5.42. The van der Waals surface area contributed by atoms with Crippen molar-refractivity contribution in [1.29, 1.82) is 0 Å². The molecule has 2 N–H and O–H groups in total. The van der Waals surface area contributed by atoms with E-state index in [2.05, 4.69) is 10.4 Å². The molecule has 0 saturated heterocycles. The third-order valence-corrected chi connectivity index (χ3v) is 4.02. The second-order valence-electron chi connectivity index (χ2n) is 5.42. The van der Waals surface area contributed by atoms with Crippen LogP contribution in [0.4, 0.5) is 0 Å². The average molecular weight is 285 g/mol. The number of aliphatic hydroxyl groups is 1. The summed E-state index contributed by atoms with van der Waals surface area (Å²) in [5.41, 5.74) is 3.49. The van der Waals surface area contributed by atoms with Gasteiger partial charge in [-0.2, -0.15) is 5.10 Å². The van der Waals surface area contributed by atoms with Crippen LogP contribution in [-0.2, 0) is 19.9 Å². The summed E-state index contributed by atoms with van der Waals surface area (Å²) in [5, 5.41) is 17.4. The summed E-state index contributed by atoms with van der Waals surface area (Å²) < 4.78 is 1.58. The third kappa shape index (κ3) is 2.45. The number of benzene rings is 1. The van der Waals surface area contributed by atoms with Gasteiger partial charge in [0, 0.05) is 13.5 Å². The Morgan fingerprint density at radius 1 is 1.48 bits per heavy atom. The number of fused-ring (bicyclic) bond motifs is 1. The zero-order chi connectivity index (χ0) is 15.0. The minimum Gasteiger partial charge on any atom is -0.390 e. The number of aliphatic hydroxyl groups excluding tert-OH is 1. The molecule has 21 heavy (non-hydrogen) atoms. The van der Waals surface area contributed by atoms with Gasteiger partial charge in [0.15, 0.2) is 0 Å². The fraction of sp³-hybridized carbons (Fsp3) is 0.375. The summed E-state index contributed by atoms with van der Waals surface area (Å²) in [5.74, 6) is -0.203. The molecule has 1 aliphatic rings. The van der Waals surface area contributed by atoms with Gasteiger partial charge in [-0.05, 0) is 23.6 Å². The molecule has 2 aromatic rings. The predicted octanol–water partition coefficient (Wildman–Crippen LogP) is 1.37. The molecule has 1 aliphatic carbocycles. The van der Waals surface area contributed by atoms with E-state index in [0.29, 0.717) is 12.1 Å². The van der Waals surface area contributed by atoms with E-state index >= 15 is 0 Å². The standard InChI is InChI=1S/C16H19N3O2/c1-3-11-9-13(19(2)18-11)16(21)17-15-12-7-5-4-6-10(12)8-14(15)20/h4-7,9,14-15,20H,3,8H2,1-2H3,(H,17,21)/t14-,15+/m0/s1. The zero-order valence-electron chi connectivity index (χ0n) is 12.2. The highest BCUT2D eigenvalue weighted by atomic mass is 16.3. The highest BCUT2D eigenvalue weighted by Crippen LogP contribution is 2.31. The fourth-order valence-corrected chi connectivity index (χ4v) is 2.87. The Kier molecular flexibility index (Phi) is 3.51. The maximum absolute atomic E-state index is 12.4. The lowest BCUT2D eigenvalue weighted by molar-refractivity contribution is 0.0849. The third-order valence-electron chi connectivity index (χ3n) is 4.02. The summed E-state index contributed by atoms with van der Waals surface area (Å²) in [4.78, 5) is 12.4. The highest BCUT2D eigenvalue weighted by molar-refractivity contribution is 5.93. The average Bonchev–Trinajstić information content (AvgIpc) is 3.00. The molecule has 2 atom stereocenters. The summed E-state index contributed by atoms with van der Waals surface area (Å²) in [6, 6.07) is 9.26. The van der Waals surface area contributed by atoms with Gasteiger partial charge in [-0.3, -0.25) is 9.48 Å². The van der Waals surface area contributed by atoms with Gasteiger partial charge in [0.1, 0.15) is 5.69 Å². The van der Waals surface area contributed by atoms with Crippen LogP contribution in [0.25, 0.3) is 0 Å². The van der Waals surface area contributed by atoms with Crippen LogP contribution in [0, 0.1) is 0 Å². The Bertz CT molecular complexity index is 678. The van der Waals surface area contributed by atoms with Gasteiger partial charge in [0.25, 0.3) is 5.91 Å². The number of nitrogens with zero attached hydrogens (tertiary/aromatic N) is 2. The largest absolute Gasteiger partial charge is 0.390 e. The van der Waals surface area contributed by atoms with Crippen LogP contribution in [0.15, 0.2) is 30.3 Å². The van der Waals surface area contributed by atoms with E-state index in [9.17, 15) is 9.90 Å². The molecule has 0 radical (unpaired) electrons. The van der Waals surface area contributed by atoms with Crippen molar-refractivity contribution in [2.75, 3.05) is 0 Å². The number of aryl methyl sites for hydroxylation is 2. The van der Waals surface area contributed by atoms with Crippen LogP contribution in [0.3, 0.4) is 0 Å². The Morgan fingerprint density at radius 3 is 2.95 bits per heavy atom. The molecule has 1 aromatic carbocycles. The first kappa shape index (κ1) is 13.8. The van der Waals surface area contributed by atoms with E-state index in [-0.39, 0.29) is 11.9 Å². The van der Waals surface area contributed by atoms with Gasteiger partial charge < -0.3 is 10.4 Å². The van der Waals surface area contributed by atoms with Crippen molar-refractivity contribution in [3.05, 3.63) is 52.8 Å². The number of hydrogen-bond donors (Lipinski definition) is 2. The molecule has 0 unspecified atom stereocenters. The van der Waals surface area contributed by atoms with Crippen molar-refractivity contribution < 1.29 is 9.90 Å². The maximum atomic E-state index is 12.4. The van der Waals surface area contributed by atoms with Crippen LogP contribution >= 0.6 is 0 Å². The van der Waals surface area contributed by atoms with Crippen LogP contribution in [0.5, 0.6) is 0 Å². The molecular formula is C16H19N3O2. The van der Waals surface area contributed by atoms with Crippen molar-refractivity contribution in [2.45, 2.75) is 31.9 Å². The molecule has 1 aromatic heterocycles. The van der Waals surface area contributed by atoms with E-state index < -0.39 is 6.10 Å². The van der Waals surface area contributed by atoms with Gasteiger partial charge in [-0.15, -0.1) is 0 Å². The molecule has 1 amide bonds. The van der Waals surface area contributed by atoms with Gasteiger partial charge in [0.2, 0.25) is 0 Å². The molecule has 0 spiro atoms. The quantitative estimate of drug-likeness (QED) is 0.895. The Hall–Kier alpha value is -2.14. The topological polar surface area (TPSA) is 67.2 Å². The van der Waals surface area contributed by atoms with Gasteiger partial charge >= 0.3 is 0 Å².